The molecule has 8 rings (SSSR count). The quantitative estimate of drug-likeness (QED) is 0.112. The fraction of sp³-hybridized carbons (Fsp3) is 0.289. The smallest absolute Gasteiger partial charge is 0.263 e. The number of benzene rings is 3. The van der Waals surface area contributed by atoms with Crippen molar-refractivity contribution in [2.75, 3.05) is 31.1 Å². The fourth-order valence-electron chi connectivity index (χ4n) is 7.27. The normalized spacial score (nSPS) is 19.3. The van der Waals surface area contributed by atoms with Gasteiger partial charge in [0.15, 0.2) is 5.65 Å². The number of hydrogen-bond acceptors (Lipinski definition) is 11. The molecular weight excluding hydrogens is 681 g/mol. The molecule has 5 aromatic rings. The Hall–Kier alpha value is -5.60. The van der Waals surface area contributed by atoms with Crippen LogP contribution in [0.2, 0.25) is 0 Å². The highest BCUT2D eigenvalue weighted by Gasteiger charge is 2.45. The number of para-hydroxylation sites is 1. The van der Waals surface area contributed by atoms with E-state index in [4.69, 9.17) is 15.6 Å². The summed E-state index contributed by atoms with van der Waals surface area (Å²) in [6.45, 7) is 2.60. The minimum absolute atomic E-state index is 0.0849. The number of aromatic nitrogens is 4. The molecule has 0 bridgehead atoms. The van der Waals surface area contributed by atoms with Crippen LogP contribution in [0.15, 0.2) is 84.0 Å². The molecule has 3 aromatic carbocycles. The van der Waals surface area contributed by atoms with E-state index in [9.17, 15) is 19.2 Å². The third kappa shape index (κ3) is 6.39. The van der Waals surface area contributed by atoms with Crippen LogP contribution in [0.3, 0.4) is 0 Å². The standard InChI is InChI=1S/C38H36N8O5S/c39-34-32-33(23-12-14-26(15-13-23)51-25-8-2-1-3-9-25)43-46(35(32)41-22-40-34)24-7-5-18-44(21-24)19-6-20-52-29-11-4-10-27-31(29)38(50)45(37(27)49)28-16-17-30(47)42-36(28)48/h1-4,8-15,22,24,28H,5-7,16-21H2,(H2,39,40,41)(H,42,47,48)/t24-,28?/m1/s1. The number of piperidine rings is 2. The van der Waals surface area contributed by atoms with E-state index < -0.39 is 29.7 Å². The fourth-order valence-corrected chi connectivity index (χ4v) is 8.28. The Labute approximate surface area is 303 Å². The van der Waals surface area contributed by atoms with Gasteiger partial charge in [0.1, 0.15) is 35.4 Å². The Balaban J connectivity index is 0.925. The van der Waals surface area contributed by atoms with Crippen LogP contribution in [-0.4, -0.2) is 84.6 Å². The lowest BCUT2D eigenvalue weighted by Gasteiger charge is -2.32. The Morgan fingerprint density at radius 1 is 0.904 bits per heavy atom. The highest BCUT2D eigenvalue weighted by atomic mass is 32.2. The van der Waals surface area contributed by atoms with Crippen LogP contribution in [0.5, 0.6) is 11.5 Å². The number of amides is 4. The second-order valence-electron chi connectivity index (χ2n) is 13.1. The van der Waals surface area contributed by atoms with Crippen LogP contribution in [0.4, 0.5) is 5.82 Å². The third-order valence-corrected chi connectivity index (χ3v) is 10.9. The number of anilines is 1. The van der Waals surface area contributed by atoms with Crippen LogP contribution in [-0.2, 0) is 9.59 Å². The van der Waals surface area contributed by atoms with Crippen molar-refractivity contribution in [1.82, 2.24) is 34.9 Å². The van der Waals surface area contributed by atoms with Crippen molar-refractivity contribution in [1.29, 1.82) is 0 Å². The number of hydrogen-bond donors (Lipinski definition) is 2. The molecule has 0 aliphatic carbocycles. The minimum atomic E-state index is -0.985. The molecule has 3 aliphatic heterocycles. The largest absolute Gasteiger partial charge is 0.457 e. The SMILES string of the molecule is Nc1ncnc2c1c(-c1ccc(Oc3ccccc3)cc1)nn2[C@@H]1CCCN(CCCSc2cccc3c2C(=O)N(C2CCC(=O)NC2=O)C3=O)C1. The molecule has 2 saturated heterocycles. The van der Waals surface area contributed by atoms with Crippen LogP contribution >= 0.6 is 11.8 Å². The number of fused-ring (bicyclic) bond motifs is 2. The first-order valence-electron chi connectivity index (χ1n) is 17.4. The van der Waals surface area contributed by atoms with E-state index in [2.05, 4.69) is 20.2 Å². The van der Waals surface area contributed by atoms with Crippen LogP contribution in [0.1, 0.15) is 58.9 Å². The first kappa shape index (κ1) is 33.5. The minimum Gasteiger partial charge on any atom is -0.457 e. The summed E-state index contributed by atoms with van der Waals surface area (Å²) in [5, 5.41) is 8.06. The van der Waals surface area contributed by atoms with Gasteiger partial charge in [0.05, 0.1) is 22.6 Å². The summed E-state index contributed by atoms with van der Waals surface area (Å²) in [5.41, 5.74) is 9.38. The molecule has 2 fully saturated rings. The van der Waals surface area contributed by atoms with Gasteiger partial charge in [0, 0.05) is 23.4 Å². The van der Waals surface area contributed by atoms with Crippen LogP contribution in [0, 0.1) is 0 Å². The number of nitrogen functional groups attached to an aromatic ring is 1. The summed E-state index contributed by atoms with van der Waals surface area (Å²) < 4.78 is 7.99. The number of likely N-dealkylation sites (tertiary alicyclic amines) is 1. The van der Waals surface area contributed by atoms with E-state index in [0.717, 1.165) is 82.6 Å². The lowest BCUT2D eigenvalue weighted by Crippen LogP contribution is -2.54. The maximum Gasteiger partial charge on any atom is 0.263 e. The molecule has 13 nitrogen and oxygen atoms in total. The van der Waals surface area contributed by atoms with Gasteiger partial charge in [-0.05, 0) is 93.1 Å². The van der Waals surface area contributed by atoms with Gasteiger partial charge in [-0.3, -0.25) is 29.4 Å². The first-order chi connectivity index (χ1) is 25.4. The lowest BCUT2D eigenvalue weighted by molar-refractivity contribution is -0.136. The van der Waals surface area contributed by atoms with Crippen molar-refractivity contribution in [2.45, 2.75) is 49.1 Å². The molecule has 0 saturated carbocycles. The van der Waals surface area contributed by atoms with E-state index in [-0.39, 0.29) is 18.9 Å². The average Bonchev–Trinajstić information content (AvgIpc) is 3.67. The van der Waals surface area contributed by atoms with Crippen LogP contribution < -0.4 is 15.8 Å². The molecule has 264 valence electrons. The molecule has 14 heteroatoms. The Morgan fingerprint density at radius 3 is 2.52 bits per heavy atom. The van der Waals surface area contributed by atoms with E-state index in [1.165, 1.54) is 18.1 Å². The van der Waals surface area contributed by atoms with Crippen molar-refractivity contribution in [3.8, 4) is 22.8 Å². The molecule has 5 heterocycles. The molecule has 3 aliphatic rings. The molecule has 3 N–H and O–H groups in total. The Morgan fingerprint density at radius 2 is 1.71 bits per heavy atom. The zero-order valence-corrected chi connectivity index (χ0v) is 29.1. The number of nitrogens with one attached hydrogen (secondary N) is 1. The van der Waals surface area contributed by atoms with Crippen LogP contribution in [0.25, 0.3) is 22.3 Å². The highest BCUT2D eigenvalue weighted by molar-refractivity contribution is 7.99. The average molecular weight is 717 g/mol. The van der Waals surface area contributed by atoms with E-state index in [1.807, 2.05) is 65.3 Å². The predicted molar refractivity (Wildman–Crippen MR) is 195 cm³/mol. The zero-order chi connectivity index (χ0) is 35.8. The van der Waals surface area contributed by atoms with Gasteiger partial charge >= 0.3 is 0 Å². The number of carbonyl (C=O) groups is 4. The summed E-state index contributed by atoms with van der Waals surface area (Å²) in [7, 11) is 0. The maximum absolute atomic E-state index is 13.5. The number of carbonyl (C=O) groups excluding carboxylic acids is 4. The molecule has 0 radical (unpaired) electrons. The monoisotopic (exact) mass is 716 g/mol. The maximum atomic E-state index is 13.5. The molecule has 52 heavy (non-hydrogen) atoms. The van der Waals surface area contributed by atoms with Crippen molar-refractivity contribution in [3.05, 3.63) is 90.3 Å². The highest BCUT2D eigenvalue weighted by Crippen LogP contribution is 2.37. The van der Waals surface area contributed by atoms with E-state index in [0.29, 0.717) is 22.6 Å². The lowest BCUT2D eigenvalue weighted by atomic mass is 10.0. The Bertz CT molecular complexity index is 2190. The summed E-state index contributed by atoms with van der Waals surface area (Å²) in [4.78, 5) is 63.9. The summed E-state index contributed by atoms with van der Waals surface area (Å²) in [6, 6.07) is 21.7. The van der Waals surface area contributed by atoms with Gasteiger partial charge in [-0.1, -0.05) is 24.3 Å². The van der Waals surface area contributed by atoms with Gasteiger partial charge in [0.25, 0.3) is 11.8 Å². The summed E-state index contributed by atoms with van der Waals surface area (Å²) in [6.07, 6.45) is 4.50. The van der Waals surface area contributed by atoms with E-state index in [1.54, 1.807) is 12.1 Å². The van der Waals surface area contributed by atoms with Crippen molar-refractivity contribution in [2.24, 2.45) is 0 Å². The molecule has 1 unspecified atom stereocenters. The molecule has 2 aromatic heterocycles. The number of rotatable bonds is 10. The first-order valence-corrected chi connectivity index (χ1v) is 18.4. The van der Waals surface area contributed by atoms with Gasteiger partial charge in [0.2, 0.25) is 11.8 Å². The molecule has 4 amide bonds. The third-order valence-electron chi connectivity index (χ3n) is 9.76. The van der Waals surface area contributed by atoms with Crippen molar-refractivity contribution >= 4 is 52.2 Å². The number of thioether (sulfide) groups is 1. The number of nitrogens with two attached hydrogens (primary N) is 1. The Kier molecular flexibility index (Phi) is 9.16. The number of ether oxygens (including phenoxy) is 1. The summed E-state index contributed by atoms with van der Waals surface area (Å²) in [5.74, 6) is 0.611. The van der Waals surface area contributed by atoms with Gasteiger partial charge in [-0.25, -0.2) is 14.6 Å². The van der Waals surface area contributed by atoms with Gasteiger partial charge in [-0.2, -0.15) is 5.10 Å². The van der Waals surface area contributed by atoms with Gasteiger partial charge < -0.3 is 15.4 Å². The zero-order valence-electron chi connectivity index (χ0n) is 28.2. The molecule has 0 spiro atoms. The molecular formula is C38H36N8O5S. The van der Waals surface area contributed by atoms with Gasteiger partial charge in [-0.15, -0.1) is 11.8 Å². The predicted octanol–water partition coefficient (Wildman–Crippen LogP) is 5.09. The second-order valence-corrected chi connectivity index (χ2v) is 14.3. The second kappa shape index (κ2) is 14.2. The van der Waals surface area contributed by atoms with Crippen molar-refractivity contribution < 1.29 is 23.9 Å². The van der Waals surface area contributed by atoms with Crippen molar-refractivity contribution in [3.63, 3.8) is 0 Å². The number of nitrogens with zero attached hydrogens (tertiary/aromatic N) is 6. The molecule has 2 atom stereocenters. The topological polar surface area (TPSA) is 166 Å². The number of imide groups is 2. The summed E-state index contributed by atoms with van der Waals surface area (Å²) >= 11 is 1.53. The van der Waals surface area contributed by atoms with E-state index >= 15 is 0 Å².